The molecule has 0 aliphatic rings. The first-order chi connectivity index (χ1) is 6.24. The summed E-state index contributed by atoms with van der Waals surface area (Å²) in [6.45, 7) is 5.12. The third kappa shape index (κ3) is 3.89. The Labute approximate surface area is 85.4 Å². The highest BCUT2D eigenvalue weighted by molar-refractivity contribution is 4.60. The standard InChI is InChI=1S/C9H21NO4/c1-9(2,3)10(11,12)7-6-8(13-4)14-5/h8,11H,6-7H2,1-5H3. The highest BCUT2D eigenvalue weighted by atomic mass is 16.8. The molecular weight excluding hydrogens is 186 g/mol. The van der Waals surface area contributed by atoms with Crippen LogP contribution in [0.3, 0.4) is 0 Å². The van der Waals surface area contributed by atoms with E-state index >= 15 is 0 Å². The topological polar surface area (TPSA) is 61.8 Å². The second-order valence-electron chi connectivity index (χ2n) is 4.29. The average molecular weight is 207 g/mol. The van der Waals surface area contributed by atoms with Gasteiger partial charge in [-0.05, 0) is 20.8 Å². The third-order valence-corrected chi connectivity index (χ3v) is 2.24. The van der Waals surface area contributed by atoms with Gasteiger partial charge in [-0.15, -0.1) is 0 Å². The van der Waals surface area contributed by atoms with Crippen LogP contribution in [0.4, 0.5) is 0 Å². The molecule has 5 nitrogen and oxygen atoms in total. The average Bonchev–Trinajstić information content (AvgIpc) is 2.04. The molecular formula is C9H21NO4. The van der Waals surface area contributed by atoms with E-state index < -0.39 is 16.6 Å². The Balaban J connectivity index is 4.11. The summed E-state index contributed by atoms with van der Waals surface area (Å²) in [6, 6.07) is 0. The number of hydrogen-bond acceptors (Lipinski definition) is 4. The molecule has 0 aromatic heterocycles. The molecule has 0 heterocycles. The lowest BCUT2D eigenvalue weighted by molar-refractivity contribution is -1.10. The van der Waals surface area contributed by atoms with Crippen LogP contribution in [0.15, 0.2) is 0 Å². The van der Waals surface area contributed by atoms with Crippen molar-refractivity contribution in [1.29, 1.82) is 0 Å². The Hall–Kier alpha value is -0.200. The molecule has 14 heavy (non-hydrogen) atoms. The minimum absolute atomic E-state index is 0.0514. The Bertz CT molecular complexity index is 161. The van der Waals surface area contributed by atoms with Crippen molar-refractivity contribution < 1.29 is 19.5 Å². The highest BCUT2D eigenvalue weighted by Crippen LogP contribution is 2.21. The SMILES string of the molecule is COC(CC[N+]([O-])(O)C(C)(C)C)OC. The van der Waals surface area contributed by atoms with Crippen molar-refractivity contribution in [2.45, 2.75) is 39.0 Å². The van der Waals surface area contributed by atoms with Crippen molar-refractivity contribution in [2.24, 2.45) is 0 Å². The van der Waals surface area contributed by atoms with Crippen LogP contribution in [0.2, 0.25) is 0 Å². The molecule has 86 valence electrons. The van der Waals surface area contributed by atoms with Crippen LogP contribution in [0.25, 0.3) is 0 Å². The van der Waals surface area contributed by atoms with Gasteiger partial charge >= 0.3 is 0 Å². The van der Waals surface area contributed by atoms with E-state index in [-0.39, 0.29) is 6.54 Å². The minimum atomic E-state index is -1.28. The van der Waals surface area contributed by atoms with Crippen LogP contribution >= 0.6 is 0 Å². The fraction of sp³-hybridized carbons (Fsp3) is 1.00. The van der Waals surface area contributed by atoms with E-state index in [0.29, 0.717) is 6.42 Å². The fourth-order valence-corrected chi connectivity index (χ4v) is 0.948. The Morgan fingerprint density at radius 3 is 2.00 bits per heavy atom. The van der Waals surface area contributed by atoms with Gasteiger partial charge in [0.05, 0.1) is 6.42 Å². The number of rotatable bonds is 5. The van der Waals surface area contributed by atoms with Gasteiger partial charge in [0.25, 0.3) is 0 Å². The molecule has 0 radical (unpaired) electrons. The molecule has 1 atom stereocenters. The van der Waals surface area contributed by atoms with Crippen LogP contribution in [0.1, 0.15) is 27.2 Å². The van der Waals surface area contributed by atoms with E-state index in [1.165, 1.54) is 14.2 Å². The number of ether oxygens (including phenoxy) is 2. The summed E-state index contributed by atoms with van der Waals surface area (Å²) in [6.07, 6.45) is -0.0690. The van der Waals surface area contributed by atoms with Crippen molar-refractivity contribution in [3.63, 3.8) is 0 Å². The molecule has 0 aromatic carbocycles. The van der Waals surface area contributed by atoms with Gasteiger partial charge in [0.15, 0.2) is 6.29 Å². The van der Waals surface area contributed by atoms with Gasteiger partial charge in [0, 0.05) is 14.2 Å². The van der Waals surface area contributed by atoms with E-state index in [9.17, 15) is 10.4 Å². The van der Waals surface area contributed by atoms with Crippen LogP contribution in [0.5, 0.6) is 0 Å². The maximum absolute atomic E-state index is 11.6. The van der Waals surface area contributed by atoms with E-state index in [0.717, 1.165) is 0 Å². The molecule has 0 aliphatic carbocycles. The molecule has 1 unspecified atom stereocenters. The smallest absolute Gasteiger partial charge is 0.162 e. The molecule has 0 amide bonds. The molecule has 0 fully saturated rings. The first-order valence-electron chi connectivity index (χ1n) is 4.62. The summed E-state index contributed by atoms with van der Waals surface area (Å²) in [7, 11) is 3.00. The summed E-state index contributed by atoms with van der Waals surface area (Å²) >= 11 is 0. The number of methoxy groups -OCH3 is 2. The molecule has 5 heteroatoms. The molecule has 0 saturated heterocycles. The highest BCUT2D eigenvalue weighted by Gasteiger charge is 2.32. The molecule has 0 rings (SSSR count). The quantitative estimate of drug-likeness (QED) is 0.421. The van der Waals surface area contributed by atoms with Gasteiger partial charge in [-0.2, -0.15) is 0 Å². The predicted molar refractivity (Wildman–Crippen MR) is 52.5 cm³/mol. The summed E-state index contributed by atoms with van der Waals surface area (Å²) < 4.78 is 9.85. The van der Waals surface area contributed by atoms with Crippen molar-refractivity contribution in [3.05, 3.63) is 5.21 Å². The fourth-order valence-electron chi connectivity index (χ4n) is 0.948. The lowest BCUT2D eigenvalue weighted by Gasteiger charge is -2.45. The molecule has 0 bridgehead atoms. The first kappa shape index (κ1) is 13.8. The number of hydroxylamine groups is 4. The van der Waals surface area contributed by atoms with Crippen molar-refractivity contribution >= 4 is 0 Å². The zero-order valence-corrected chi connectivity index (χ0v) is 9.61. The number of hydrogen-bond donors (Lipinski definition) is 1. The van der Waals surface area contributed by atoms with E-state index in [2.05, 4.69) is 0 Å². The van der Waals surface area contributed by atoms with Crippen molar-refractivity contribution in [1.82, 2.24) is 0 Å². The van der Waals surface area contributed by atoms with Gasteiger partial charge < -0.3 is 14.7 Å². The second kappa shape index (κ2) is 5.04. The molecule has 0 aliphatic heterocycles. The lowest BCUT2D eigenvalue weighted by atomic mass is 10.1. The maximum atomic E-state index is 11.6. The van der Waals surface area contributed by atoms with E-state index in [1.807, 2.05) is 0 Å². The van der Waals surface area contributed by atoms with Gasteiger partial charge in [-0.1, -0.05) is 0 Å². The summed E-state index contributed by atoms with van der Waals surface area (Å²) in [4.78, 5) is -1.28. The van der Waals surface area contributed by atoms with Crippen molar-refractivity contribution in [2.75, 3.05) is 20.8 Å². The molecule has 1 N–H and O–H groups in total. The molecule has 0 aromatic rings. The van der Waals surface area contributed by atoms with Crippen LogP contribution < -0.4 is 0 Å². The van der Waals surface area contributed by atoms with Crippen LogP contribution in [0, 0.1) is 5.21 Å². The Kier molecular flexibility index (Phi) is 4.97. The summed E-state index contributed by atoms with van der Waals surface area (Å²) in [5, 5.41) is 21.2. The zero-order chi connectivity index (χ0) is 11.4. The predicted octanol–water partition coefficient (Wildman–Crippen LogP) is 1.50. The lowest BCUT2D eigenvalue weighted by Crippen LogP contribution is -2.54. The van der Waals surface area contributed by atoms with E-state index in [1.54, 1.807) is 20.8 Å². The Morgan fingerprint density at radius 2 is 1.71 bits per heavy atom. The third-order valence-electron chi connectivity index (χ3n) is 2.24. The van der Waals surface area contributed by atoms with Crippen LogP contribution in [-0.2, 0) is 9.47 Å². The van der Waals surface area contributed by atoms with Gasteiger partial charge in [0.2, 0.25) is 0 Å². The second-order valence-corrected chi connectivity index (χ2v) is 4.29. The summed E-state index contributed by atoms with van der Waals surface area (Å²) in [5.74, 6) is 0. The monoisotopic (exact) mass is 207 g/mol. The zero-order valence-electron chi connectivity index (χ0n) is 9.61. The minimum Gasteiger partial charge on any atom is -0.598 e. The van der Waals surface area contributed by atoms with Gasteiger partial charge in [0.1, 0.15) is 12.1 Å². The Morgan fingerprint density at radius 1 is 1.29 bits per heavy atom. The largest absolute Gasteiger partial charge is 0.598 e. The number of nitrogens with zero attached hydrogens (tertiary/aromatic N) is 1. The van der Waals surface area contributed by atoms with Gasteiger partial charge in [-0.25, -0.2) is 10.0 Å². The van der Waals surface area contributed by atoms with E-state index in [4.69, 9.17) is 9.47 Å². The maximum Gasteiger partial charge on any atom is 0.162 e. The normalized spacial score (nSPS) is 17.1. The molecule has 0 spiro atoms. The first-order valence-corrected chi connectivity index (χ1v) is 4.62. The number of quaternary nitrogens is 1. The summed E-state index contributed by atoms with van der Waals surface area (Å²) in [5.41, 5.74) is -0.744. The van der Waals surface area contributed by atoms with Crippen LogP contribution in [-0.4, -0.2) is 42.6 Å². The van der Waals surface area contributed by atoms with Gasteiger partial charge in [-0.3, -0.25) is 0 Å². The molecule has 0 saturated carbocycles. The van der Waals surface area contributed by atoms with Crippen molar-refractivity contribution in [3.8, 4) is 0 Å².